The van der Waals surface area contributed by atoms with Crippen molar-refractivity contribution in [2.75, 3.05) is 26.3 Å². The summed E-state index contributed by atoms with van der Waals surface area (Å²) in [5.41, 5.74) is 2.00. The Bertz CT molecular complexity index is 260. The summed E-state index contributed by atoms with van der Waals surface area (Å²) in [6.45, 7) is 11.3. The van der Waals surface area contributed by atoms with Gasteiger partial charge in [-0.2, -0.15) is 0 Å². The highest BCUT2D eigenvalue weighted by Crippen LogP contribution is 2.25. The Morgan fingerprint density at radius 1 is 1.19 bits per heavy atom. The zero-order chi connectivity index (χ0) is 11.6. The Morgan fingerprint density at radius 2 is 1.94 bits per heavy atom. The van der Waals surface area contributed by atoms with Gasteiger partial charge < -0.3 is 4.74 Å². The van der Waals surface area contributed by atoms with Crippen molar-refractivity contribution in [3.8, 4) is 0 Å². The number of allylic oxidation sites excluding steroid dienone is 1. The molecule has 2 rings (SSSR count). The molecule has 2 nitrogen and oxygen atoms in total. The van der Waals surface area contributed by atoms with Gasteiger partial charge >= 0.3 is 0 Å². The molecule has 0 unspecified atom stereocenters. The van der Waals surface area contributed by atoms with Crippen molar-refractivity contribution in [1.82, 2.24) is 4.90 Å². The summed E-state index contributed by atoms with van der Waals surface area (Å²) in [6, 6.07) is 0.717. The van der Waals surface area contributed by atoms with Gasteiger partial charge in [0.25, 0.3) is 0 Å². The maximum absolute atomic E-state index is 5.28. The third kappa shape index (κ3) is 3.33. The van der Waals surface area contributed by atoms with Gasteiger partial charge in [-0.05, 0) is 31.2 Å². The van der Waals surface area contributed by atoms with Crippen molar-refractivity contribution in [3.05, 3.63) is 11.6 Å². The molecule has 2 aliphatic heterocycles. The van der Waals surface area contributed by atoms with Gasteiger partial charge in [0.1, 0.15) is 0 Å². The summed E-state index contributed by atoms with van der Waals surface area (Å²) < 4.78 is 5.28. The van der Waals surface area contributed by atoms with E-state index in [4.69, 9.17) is 4.74 Å². The molecule has 2 heteroatoms. The summed E-state index contributed by atoms with van der Waals surface area (Å²) in [5.74, 6) is 0. The smallest absolute Gasteiger partial charge is 0.0645 e. The van der Waals surface area contributed by atoms with Crippen LogP contribution in [0, 0.1) is 5.41 Å². The molecule has 2 heterocycles. The molecule has 0 bridgehead atoms. The minimum atomic E-state index is 0.337. The quantitative estimate of drug-likeness (QED) is 0.634. The second-order valence-electron chi connectivity index (χ2n) is 6.25. The van der Waals surface area contributed by atoms with Crippen LogP contribution in [0.2, 0.25) is 0 Å². The van der Waals surface area contributed by atoms with Gasteiger partial charge in [-0.25, -0.2) is 0 Å². The summed E-state index contributed by atoms with van der Waals surface area (Å²) in [5, 5.41) is 0. The summed E-state index contributed by atoms with van der Waals surface area (Å²) >= 11 is 0. The number of hydrogen-bond acceptors (Lipinski definition) is 2. The fourth-order valence-corrected chi connectivity index (χ4v) is 2.59. The minimum Gasteiger partial charge on any atom is -0.378 e. The van der Waals surface area contributed by atoms with Crippen LogP contribution in [0.4, 0.5) is 0 Å². The molecule has 2 aliphatic rings. The van der Waals surface area contributed by atoms with E-state index in [9.17, 15) is 0 Å². The van der Waals surface area contributed by atoms with Crippen molar-refractivity contribution in [2.45, 2.75) is 46.1 Å². The number of likely N-dealkylation sites (tertiary alicyclic amines) is 1. The summed E-state index contributed by atoms with van der Waals surface area (Å²) in [7, 11) is 0. The molecule has 0 atom stereocenters. The molecule has 0 saturated carbocycles. The van der Waals surface area contributed by atoms with Gasteiger partial charge in [0.2, 0.25) is 0 Å². The van der Waals surface area contributed by atoms with Crippen LogP contribution in [0.1, 0.15) is 40.0 Å². The standard InChI is InChI=1S/C14H25NO/c1-14(2,3)9-12-5-4-7-15(8-6-12)13-10-16-11-13/h9,13H,4-8,10-11H2,1-3H3/b12-9-. The predicted octanol–water partition coefficient (Wildman–Crippen LogP) is 2.84. The van der Waals surface area contributed by atoms with Crippen LogP contribution in [-0.2, 0) is 4.74 Å². The van der Waals surface area contributed by atoms with E-state index in [2.05, 4.69) is 31.7 Å². The maximum Gasteiger partial charge on any atom is 0.0645 e. The fraction of sp³-hybridized carbons (Fsp3) is 0.857. The van der Waals surface area contributed by atoms with Gasteiger partial charge in [-0.1, -0.05) is 32.4 Å². The van der Waals surface area contributed by atoms with E-state index >= 15 is 0 Å². The lowest BCUT2D eigenvalue weighted by molar-refractivity contribution is -0.0634. The van der Waals surface area contributed by atoms with Crippen LogP contribution >= 0.6 is 0 Å². The van der Waals surface area contributed by atoms with E-state index in [1.807, 2.05) is 0 Å². The van der Waals surface area contributed by atoms with Crippen molar-refractivity contribution in [1.29, 1.82) is 0 Å². The molecule has 0 radical (unpaired) electrons. The lowest BCUT2D eigenvalue weighted by Gasteiger charge is -2.36. The molecule has 0 aromatic rings. The molecule has 0 amide bonds. The average molecular weight is 223 g/mol. The van der Waals surface area contributed by atoms with E-state index in [0.29, 0.717) is 11.5 Å². The molecule has 16 heavy (non-hydrogen) atoms. The third-order valence-electron chi connectivity index (χ3n) is 3.44. The van der Waals surface area contributed by atoms with Crippen molar-refractivity contribution in [3.63, 3.8) is 0 Å². The van der Waals surface area contributed by atoms with Crippen molar-refractivity contribution < 1.29 is 4.74 Å². The van der Waals surface area contributed by atoms with Crippen LogP contribution in [0.15, 0.2) is 11.6 Å². The van der Waals surface area contributed by atoms with Gasteiger partial charge in [0.05, 0.1) is 19.3 Å². The SMILES string of the molecule is CC(C)(C)/C=C1/CCCN(C2COC2)CC1. The topological polar surface area (TPSA) is 12.5 Å². The Morgan fingerprint density at radius 3 is 2.50 bits per heavy atom. The molecule has 0 N–H and O–H groups in total. The number of ether oxygens (including phenoxy) is 1. The molecule has 2 fully saturated rings. The largest absolute Gasteiger partial charge is 0.378 e. The first kappa shape index (κ1) is 12.1. The minimum absolute atomic E-state index is 0.337. The number of nitrogens with zero attached hydrogens (tertiary/aromatic N) is 1. The van der Waals surface area contributed by atoms with Crippen LogP contribution in [0.5, 0.6) is 0 Å². The zero-order valence-electron chi connectivity index (χ0n) is 11.0. The van der Waals surface area contributed by atoms with E-state index in [1.165, 1.54) is 32.4 Å². The van der Waals surface area contributed by atoms with Gasteiger partial charge in [0.15, 0.2) is 0 Å². The maximum atomic E-state index is 5.28. The normalized spacial score (nSPS) is 27.8. The Hall–Kier alpha value is -0.340. The summed E-state index contributed by atoms with van der Waals surface area (Å²) in [6.07, 6.45) is 6.35. The molecule has 0 spiro atoms. The number of rotatable bonds is 1. The Balaban J connectivity index is 1.90. The van der Waals surface area contributed by atoms with Crippen LogP contribution in [0.3, 0.4) is 0 Å². The van der Waals surface area contributed by atoms with E-state index in [1.54, 1.807) is 5.57 Å². The first-order valence-electron chi connectivity index (χ1n) is 6.57. The molecule has 0 aromatic carbocycles. The van der Waals surface area contributed by atoms with Gasteiger partial charge in [0, 0.05) is 6.54 Å². The van der Waals surface area contributed by atoms with E-state index in [-0.39, 0.29) is 0 Å². The van der Waals surface area contributed by atoms with Crippen LogP contribution in [-0.4, -0.2) is 37.2 Å². The van der Waals surface area contributed by atoms with E-state index < -0.39 is 0 Å². The zero-order valence-corrected chi connectivity index (χ0v) is 11.0. The van der Waals surface area contributed by atoms with Crippen LogP contribution in [0.25, 0.3) is 0 Å². The second kappa shape index (κ2) is 4.89. The van der Waals surface area contributed by atoms with Gasteiger partial charge in [-0.15, -0.1) is 0 Å². The monoisotopic (exact) mass is 223 g/mol. The van der Waals surface area contributed by atoms with Gasteiger partial charge in [-0.3, -0.25) is 4.90 Å². The molecule has 92 valence electrons. The second-order valence-corrected chi connectivity index (χ2v) is 6.25. The predicted molar refractivity (Wildman–Crippen MR) is 67.6 cm³/mol. The molecular weight excluding hydrogens is 198 g/mol. The number of hydrogen-bond donors (Lipinski definition) is 0. The van der Waals surface area contributed by atoms with Crippen molar-refractivity contribution >= 4 is 0 Å². The van der Waals surface area contributed by atoms with Crippen LogP contribution < -0.4 is 0 Å². The lowest BCUT2D eigenvalue weighted by Crippen LogP contribution is -2.49. The summed E-state index contributed by atoms with van der Waals surface area (Å²) in [4.78, 5) is 2.62. The molecule has 0 aliphatic carbocycles. The fourth-order valence-electron chi connectivity index (χ4n) is 2.59. The molecular formula is C14H25NO. The highest BCUT2D eigenvalue weighted by atomic mass is 16.5. The highest BCUT2D eigenvalue weighted by Gasteiger charge is 2.26. The average Bonchev–Trinajstić information content (AvgIpc) is 2.25. The third-order valence-corrected chi connectivity index (χ3v) is 3.44. The Kier molecular flexibility index (Phi) is 3.70. The van der Waals surface area contributed by atoms with Crippen molar-refractivity contribution in [2.24, 2.45) is 5.41 Å². The Labute approximate surface area is 99.7 Å². The lowest BCUT2D eigenvalue weighted by atomic mass is 9.91. The van der Waals surface area contributed by atoms with E-state index in [0.717, 1.165) is 13.2 Å². The first-order chi connectivity index (χ1) is 7.54. The highest BCUT2D eigenvalue weighted by molar-refractivity contribution is 5.09. The molecule has 0 aromatic heterocycles. The first-order valence-corrected chi connectivity index (χ1v) is 6.57. The molecule has 2 saturated heterocycles.